The first-order valence-electron chi connectivity index (χ1n) is 6.53. The van der Waals surface area contributed by atoms with Gasteiger partial charge in [-0.1, -0.05) is 12.1 Å². The fourth-order valence-corrected chi connectivity index (χ4v) is 1.97. The van der Waals surface area contributed by atoms with E-state index < -0.39 is 0 Å². The third-order valence-corrected chi connectivity index (χ3v) is 3.18. The van der Waals surface area contributed by atoms with Crippen LogP contribution < -0.4 is 11.1 Å². The van der Waals surface area contributed by atoms with Gasteiger partial charge in [0.2, 0.25) is 0 Å². The number of rotatable bonds is 6. The highest BCUT2D eigenvalue weighted by Gasteiger charge is 2.21. The van der Waals surface area contributed by atoms with Crippen molar-refractivity contribution >= 4 is 5.91 Å². The maximum absolute atomic E-state index is 12.0. The van der Waals surface area contributed by atoms with Crippen molar-refractivity contribution in [1.29, 1.82) is 0 Å². The summed E-state index contributed by atoms with van der Waals surface area (Å²) in [7, 11) is 1.68. The van der Waals surface area contributed by atoms with Crippen LogP contribution in [0.4, 0.5) is 0 Å². The molecule has 19 heavy (non-hydrogen) atoms. The number of nitrogens with one attached hydrogen (secondary N) is 1. The number of ether oxygens (including phenoxy) is 1. The summed E-state index contributed by atoms with van der Waals surface area (Å²) in [5.41, 5.74) is 6.96. The molecule has 3 N–H and O–H groups in total. The Bertz CT molecular complexity index is 413. The minimum absolute atomic E-state index is 0.0524. The van der Waals surface area contributed by atoms with E-state index in [1.807, 2.05) is 32.9 Å². The number of hydrogen-bond acceptors (Lipinski definition) is 3. The maximum atomic E-state index is 12.0. The number of carbonyl (C=O) groups excluding carboxylic acids is 1. The van der Waals surface area contributed by atoms with Crippen molar-refractivity contribution in [2.75, 3.05) is 7.11 Å². The van der Waals surface area contributed by atoms with E-state index in [1.54, 1.807) is 19.2 Å². The van der Waals surface area contributed by atoms with Gasteiger partial charge in [0.05, 0.1) is 5.60 Å². The van der Waals surface area contributed by atoms with Crippen LogP contribution in [-0.4, -0.2) is 24.7 Å². The predicted octanol–water partition coefficient (Wildman–Crippen LogP) is 2.08. The quantitative estimate of drug-likeness (QED) is 0.826. The molecule has 0 aliphatic rings. The number of nitrogens with two attached hydrogens (primary N) is 1. The van der Waals surface area contributed by atoms with Crippen LogP contribution in [0.5, 0.6) is 0 Å². The minimum atomic E-state index is -0.240. The summed E-state index contributed by atoms with van der Waals surface area (Å²) in [6.45, 7) is 6.48. The minimum Gasteiger partial charge on any atom is -0.379 e. The lowest BCUT2D eigenvalue weighted by Crippen LogP contribution is -2.38. The molecule has 1 unspecified atom stereocenters. The van der Waals surface area contributed by atoms with Crippen molar-refractivity contribution < 1.29 is 9.53 Å². The van der Waals surface area contributed by atoms with Crippen molar-refractivity contribution in [2.45, 2.75) is 45.4 Å². The Labute approximate surface area is 115 Å². The zero-order valence-electron chi connectivity index (χ0n) is 12.2. The van der Waals surface area contributed by atoms with Crippen LogP contribution in [-0.2, 0) is 11.3 Å². The molecule has 0 aliphatic carbocycles. The fourth-order valence-electron chi connectivity index (χ4n) is 1.97. The Kier molecular flexibility index (Phi) is 5.51. The van der Waals surface area contributed by atoms with Crippen LogP contribution >= 0.6 is 0 Å². The standard InChI is InChI=1S/C15H24N2O2/c1-11(9-15(2,3)19-4)17-14(18)13-7-5-12(10-16)6-8-13/h5-8,11H,9-10,16H2,1-4H3,(H,17,18). The molecule has 0 aliphatic heterocycles. The van der Waals surface area contributed by atoms with E-state index in [0.717, 1.165) is 12.0 Å². The van der Waals surface area contributed by atoms with Gasteiger partial charge in [0.1, 0.15) is 0 Å². The molecular weight excluding hydrogens is 240 g/mol. The average Bonchev–Trinajstić information content (AvgIpc) is 2.38. The molecule has 4 heteroatoms. The number of hydrogen-bond donors (Lipinski definition) is 2. The molecule has 1 rings (SSSR count). The summed E-state index contributed by atoms with van der Waals surface area (Å²) in [5, 5.41) is 2.97. The first-order chi connectivity index (χ1) is 8.88. The van der Waals surface area contributed by atoms with Gasteiger partial charge in [0, 0.05) is 25.3 Å². The van der Waals surface area contributed by atoms with E-state index in [1.165, 1.54) is 0 Å². The molecule has 1 amide bonds. The van der Waals surface area contributed by atoms with E-state index in [0.29, 0.717) is 12.1 Å². The third-order valence-electron chi connectivity index (χ3n) is 3.18. The number of methoxy groups -OCH3 is 1. The van der Waals surface area contributed by atoms with Gasteiger partial charge in [-0.15, -0.1) is 0 Å². The topological polar surface area (TPSA) is 64.3 Å². The van der Waals surface area contributed by atoms with Crippen LogP contribution in [0.2, 0.25) is 0 Å². The zero-order chi connectivity index (χ0) is 14.5. The van der Waals surface area contributed by atoms with Crippen LogP contribution in [0.15, 0.2) is 24.3 Å². The Morgan fingerprint density at radius 2 is 1.95 bits per heavy atom. The predicted molar refractivity (Wildman–Crippen MR) is 77.0 cm³/mol. The first kappa shape index (κ1) is 15.7. The molecular formula is C15H24N2O2. The van der Waals surface area contributed by atoms with Gasteiger partial charge in [-0.25, -0.2) is 0 Å². The summed E-state index contributed by atoms with van der Waals surface area (Å²) in [4.78, 5) is 12.0. The molecule has 1 aromatic carbocycles. The van der Waals surface area contributed by atoms with Gasteiger partial charge in [0.15, 0.2) is 0 Å². The summed E-state index contributed by atoms with van der Waals surface area (Å²) < 4.78 is 5.36. The molecule has 0 bridgehead atoms. The largest absolute Gasteiger partial charge is 0.379 e. The van der Waals surface area contributed by atoms with Crippen LogP contribution in [0, 0.1) is 0 Å². The van der Waals surface area contributed by atoms with Crippen molar-refractivity contribution in [3.05, 3.63) is 35.4 Å². The molecule has 0 fully saturated rings. The summed E-state index contributed by atoms with van der Waals surface area (Å²) >= 11 is 0. The van der Waals surface area contributed by atoms with Crippen molar-refractivity contribution in [3.8, 4) is 0 Å². The molecule has 0 saturated carbocycles. The molecule has 4 nitrogen and oxygen atoms in total. The monoisotopic (exact) mass is 264 g/mol. The van der Waals surface area contributed by atoms with E-state index in [4.69, 9.17) is 10.5 Å². The van der Waals surface area contributed by atoms with E-state index in [2.05, 4.69) is 5.32 Å². The van der Waals surface area contributed by atoms with Gasteiger partial charge in [-0.05, 0) is 44.9 Å². The average molecular weight is 264 g/mol. The van der Waals surface area contributed by atoms with Gasteiger partial charge < -0.3 is 15.8 Å². The first-order valence-corrected chi connectivity index (χ1v) is 6.53. The second-order valence-corrected chi connectivity index (χ2v) is 5.44. The van der Waals surface area contributed by atoms with E-state index >= 15 is 0 Å². The van der Waals surface area contributed by atoms with Crippen LogP contribution in [0.1, 0.15) is 43.1 Å². The molecule has 106 valence electrons. The molecule has 1 aromatic rings. The van der Waals surface area contributed by atoms with Crippen molar-refractivity contribution in [2.24, 2.45) is 5.73 Å². The lowest BCUT2D eigenvalue weighted by molar-refractivity contribution is 0.00885. The van der Waals surface area contributed by atoms with Gasteiger partial charge in [-0.3, -0.25) is 4.79 Å². The summed E-state index contributed by atoms with van der Waals surface area (Å²) in [6.07, 6.45) is 0.760. The Morgan fingerprint density at radius 3 is 2.42 bits per heavy atom. The van der Waals surface area contributed by atoms with E-state index in [9.17, 15) is 4.79 Å². The molecule has 0 aromatic heterocycles. The Balaban J connectivity index is 2.58. The van der Waals surface area contributed by atoms with Gasteiger partial charge in [-0.2, -0.15) is 0 Å². The van der Waals surface area contributed by atoms with Crippen LogP contribution in [0.25, 0.3) is 0 Å². The molecule has 0 radical (unpaired) electrons. The SMILES string of the molecule is COC(C)(C)CC(C)NC(=O)c1ccc(CN)cc1. The highest BCUT2D eigenvalue weighted by molar-refractivity contribution is 5.94. The Hall–Kier alpha value is -1.39. The van der Waals surface area contributed by atoms with Crippen molar-refractivity contribution in [1.82, 2.24) is 5.32 Å². The van der Waals surface area contributed by atoms with E-state index in [-0.39, 0.29) is 17.6 Å². The lowest BCUT2D eigenvalue weighted by Gasteiger charge is -2.27. The third kappa shape index (κ3) is 5.01. The zero-order valence-corrected chi connectivity index (χ0v) is 12.2. The number of carbonyl (C=O) groups is 1. The summed E-state index contributed by atoms with van der Waals surface area (Å²) in [6, 6.07) is 7.39. The fraction of sp³-hybridized carbons (Fsp3) is 0.533. The highest BCUT2D eigenvalue weighted by Crippen LogP contribution is 2.15. The maximum Gasteiger partial charge on any atom is 0.251 e. The summed E-state index contributed by atoms with van der Waals surface area (Å²) in [5.74, 6) is -0.0667. The Morgan fingerprint density at radius 1 is 1.37 bits per heavy atom. The second-order valence-electron chi connectivity index (χ2n) is 5.44. The molecule has 0 saturated heterocycles. The molecule has 0 heterocycles. The van der Waals surface area contributed by atoms with Gasteiger partial charge >= 0.3 is 0 Å². The van der Waals surface area contributed by atoms with Crippen LogP contribution in [0.3, 0.4) is 0 Å². The number of benzene rings is 1. The number of amides is 1. The second kappa shape index (κ2) is 6.68. The lowest BCUT2D eigenvalue weighted by atomic mass is 9.99. The molecule has 1 atom stereocenters. The highest BCUT2D eigenvalue weighted by atomic mass is 16.5. The van der Waals surface area contributed by atoms with Gasteiger partial charge in [0.25, 0.3) is 5.91 Å². The molecule has 0 spiro atoms. The smallest absolute Gasteiger partial charge is 0.251 e. The van der Waals surface area contributed by atoms with Crippen molar-refractivity contribution in [3.63, 3.8) is 0 Å². The normalized spacial score (nSPS) is 13.1.